The summed E-state index contributed by atoms with van der Waals surface area (Å²) in [5, 5.41) is 9.09. The molecule has 2 aromatic rings. The fourth-order valence-electron chi connectivity index (χ4n) is 4.04. The van der Waals surface area contributed by atoms with E-state index >= 15 is 0 Å². The number of aromatic nitrogens is 2. The Bertz CT molecular complexity index is 1020. The molecule has 0 N–H and O–H groups in total. The Labute approximate surface area is 181 Å². The topological polar surface area (TPSA) is 75.8 Å². The quantitative estimate of drug-likeness (QED) is 0.597. The third-order valence-corrected chi connectivity index (χ3v) is 7.27. The van der Waals surface area contributed by atoms with Gasteiger partial charge in [0.25, 0.3) is 5.56 Å². The molecule has 1 aliphatic carbocycles. The molecule has 1 heterocycles. The van der Waals surface area contributed by atoms with E-state index in [1.54, 1.807) is 16.7 Å². The Morgan fingerprint density at radius 3 is 2.60 bits per heavy atom. The molecule has 1 unspecified atom stereocenters. The molecule has 0 spiro atoms. The Morgan fingerprint density at radius 1 is 1.20 bits per heavy atom. The van der Waals surface area contributed by atoms with Crippen molar-refractivity contribution in [3.05, 3.63) is 57.3 Å². The van der Waals surface area contributed by atoms with Crippen LogP contribution in [0.1, 0.15) is 69.1 Å². The molecule has 30 heavy (non-hydrogen) atoms. The summed E-state index contributed by atoms with van der Waals surface area (Å²) in [7, 11) is -0.724. The van der Waals surface area contributed by atoms with Crippen molar-refractivity contribution in [1.29, 1.82) is 5.26 Å². The van der Waals surface area contributed by atoms with Gasteiger partial charge in [-0.2, -0.15) is 5.26 Å². The second-order valence-corrected chi connectivity index (χ2v) is 10.7. The minimum atomic E-state index is -0.724. The summed E-state index contributed by atoms with van der Waals surface area (Å²) in [6.07, 6.45) is 6.09. The minimum Gasteiger partial charge on any atom is -0.269 e. The van der Waals surface area contributed by atoms with Gasteiger partial charge in [0.05, 0.1) is 23.0 Å². The van der Waals surface area contributed by atoms with E-state index in [4.69, 9.17) is 10.2 Å². The highest BCUT2D eigenvalue weighted by Crippen LogP contribution is 2.33. The molecule has 1 atom stereocenters. The number of benzene rings is 1. The molecule has 1 aromatic carbocycles. The van der Waals surface area contributed by atoms with Crippen molar-refractivity contribution in [2.45, 2.75) is 65.7 Å². The van der Waals surface area contributed by atoms with Crippen molar-refractivity contribution in [2.75, 3.05) is 11.5 Å². The molecule has 0 amide bonds. The zero-order chi connectivity index (χ0) is 21.7. The van der Waals surface area contributed by atoms with Gasteiger partial charge in [-0.15, -0.1) is 0 Å². The summed E-state index contributed by atoms with van der Waals surface area (Å²) >= 11 is 0. The van der Waals surface area contributed by atoms with Crippen molar-refractivity contribution in [3.8, 4) is 11.8 Å². The van der Waals surface area contributed by atoms with Gasteiger partial charge in [0.2, 0.25) is 0 Å². The van der Waals surface area contributed by atoms with E-state index in [-0.39, 0.29) is 11.0 Å². The molecule has 0 aliphatic heterocycles. The fourth-order valence-corrected chi connectivity index (χ4v) is 4.85. The molecule has 5 nitrogen and oxygen atoms in total. The predicted molar refractivity (Wildman–Crippen MR) is 121 cm³/mol. The van der Waals surface area contributed by atoms with Crippen LogP contribution in [0, 0.1) is 16.7 Å². The van der Waals surface area contributed by atoms with E-state index in [1.807, 2.05) is 19.1 Å². The summed E-state index contributed by atoms with van der Waals surface area (Å²) in [6.45, 7) is 6.42. The zero-order valence-corrected chi connectivity index (χ0v) is 19.1. The number of rotatable bonds is 8. The highest BCUT2D eigenvalue weighted by molar-refractivity contribution is 7.84. The standard InChI is InChI=1S/C24H31N3O2S/c1-4-30(29)15-7-5-6-8-22-26-21-16-24(2,3)14-13-20(21)23(28)27(22)19-11-9-18(17-25)10-12-19/h9-12H,4-8,13-16H2,1-3H3. The maximum absolute atomic E-state index is 13.4. The first-order chi connectivity index (χ1) is 14.3. The molecule has 0 saturated carbocycles. The number of unbranched alkanes of at least 4 members (excludes halogenated alkanes) is 2. The number of fused-ring (bicyclic) bond motifs is 1. The van der Waals surface area contributed by atoms with Crippen molar-refractivity contribution < 1.29 is 4.21 Å². The summed E-state index contributed by atoms with van der Waals surface area (Å²) in [5.74, 6) is 2.24. The molecule has 0 bridgehead atoms. The summed E-state index contributed by atoms with van der Waals surface area (Å²) in [5.41, 5.74) is 3.31. The fraction of sp³-hybridized carbons (Fsp3) is 0.542. The first-order valence-corrected chi connectivity index (χ1v) is 12.3. The van der Waals surface area contributed by atoms with E-state index in [2.05, 4.69) is 19.9 Å². The molecule has 0 fully saturated rings. The van der Waals surface area contributed by atoms with Gasteiger partial charge >= 0.3 is 0 Å². The monoisotopic (exact) mass is 425 g/mol. The Morgan fingerprint density at radius 2 is 1.93 bits per heavy atom. The lowest BCUT2D eigenvalue weighted by molar-refractivity contribution is 0.307. The number of hydrogen-bond acceptors (Lipinski definition) is 4. The summed E-state index contributed by atoms with van der Waals surface area (Å²) in [6, 6.07) is 9.27. The van der Waals surface area contributed by atoms with E-state index in [0.717, 1.165) is 67.0 Å². The summed E-state index contributed by atoms with van der Waals surface area (Å²) in [4.78, 5) is 18.4. The first-order valence-electron chi connectivity index (χ1n) is 10.8. The third kappa shape index (κ3) is 5.26. The van der Waals surface area contributed by atoms with Gasteiger partial charge in [-0.1, -0.05) is 27.2 Å². The Balaban J connectivity index is 1.91. The first kappa shape index (κ1) is 22.4. The van der Waals surface area contributed by atoms with Crippen LogP contribution in [0.3, 0.4) is 0 Å². The smallest absolute Gasteiger partial charge is 0.261 e. The SMILES string of the molecule is CCS(=O)CCCCCc1nc2c(c(=O)n1-c1ccc(C#N)cc1)CCC(C)(C)C2. The van der Waals surface area contributed by atoms with Crippen molar-refractivity contribution in [3.63, 3.8) is 0 Å². The lowest BCUT2D eigenvalue weighted by Gasteiger charge is -2.31. The molecule has 1 aromatic heterocycles. The van der Waals surface area contributed by atoms with Gasteiger partial charge < -0.3 is 0 Å². The molecule has 6 heteroatoms. The highest BCUT2D eigenvalue weighted by atomic mass is 32.2. The lowest BCUT2D eigenvalue weighted by atomic mass is 9.76. The Kier molecular flexibility index (Phi) is 7.25. The van der Waals surface area contributed by atoms with Crippen LogP contribution in [-0.2, 0) is 30.1 Å². The van der Waals surface area contributed by atoms with E-state index in [9.17, 15) is 9.00 Å². The van der Waals surface area contributed by atoms with Crippen LogP contribution in [0.2, 0.25) is 0 Å². The molecular weight excluding hydrogens is 394 g/mol. The number of nitriles is 1. The van der Waals surface area contributed by atoms with Gasteiger partial charge in [0.1, 0.15) is 5.82 Å². The van der Waals surface area contributed by atoms with Crippen molar-refractivity contribution in [2.24, 2.45) is 5.41 Å². The van der Waals surface area contributed by atoms with Crippen LogP contribution in [0.5, 0.6) is 0 Å². The number of aryl methyl sites for hydroxylation is 1. The van der Waals surface area contributed by atoms with Crippen LogP contribution in [-0.4, -0.2) is 25.3 Å². The van der Waals surface area contributed by atoms with E-state index in [1.165, 1.54) is 0 Å². The summed E-state index contributed by atoms with van der Waals surface area (Å²) < 4.78 is 13.4. The van der Waals surface area contributed by atoms with Gasteiger partial charge in [0, 0.05) is 34.3 Å². The van der Waals surface area contributed by atoms with Gasteiger partial charge in [-0.3, -0.25) is 13.6 Å². The molecule has 3 rings (SSSR count). The average Bonchev–Trinajstić information content (AvgIpc) is 2.72. The van der Waals surface area contributed by atoms with Crippen molar-refractivity contribution >= 4 is 10.8 Å². The lowest BCUT2D eigenvalue weighted by Crippen LogP contribution is -2.34. The largest absolute Gasteiger partial charge is 0.269 e. The zero-order valence-electron chi connectivity index (χ0n) is 18.2. The molecular formula is C24H31N3O2S. The van der Waals surface area contributed by atoms with Gasteiger partial charge in [-0.25, -0.2) is 4.98 Å². The Hall–Kier alpha value is -2.26. The molecule has 160 valence electrons. The van der Waals surface area contributed by atoms with Gasteiger partial charge in [0.15, 0.2) is 0 Å². The van der Waals surface area contributed by atoms with Crippen LogP contribution >= 0.6 is 0 Å². The van der Waals surface area contributed by atoms with Crippen molar-refractivity contribution in [1.82, 2.24) is 9.55 Å². The predicted octanol–water partition coefficient (Wildman–Crippen LogP) is 4.10. The van der Waals surface area contributed by atoms with Crippen LogP contribution in [0.25, 0.3) is 5.69 Å². The minimum absolute atomic E-state index is 0.0299. The second kappa shape index (κ2) is 9.70. The van der Waals surface area contributed by atoms with Crippen LogP contribution < -0.4 is 5.56 Å². The maximum atomic E-state index is 13.4. The molecule has 0 radical (unpaired) electrons. The van der Waals surface area contributed by atoms with Gasteiger partial charge in [-0.05, 0) is 61.8 Å². The maximum Gasteiger partial charge on any atom is 0.261 e. The highest BCUT2D eigenvalue weighted by Gasteiger charge is 2.29. The molecule has 1 aliphatic rings. The number of hydrogen-bond donors (Lipinski definition) is 0. The van der Waals surface area contributed by atoms with Crippen LogP contribution in [0.4, 0.5) is 0 Å². The third-order valence-electron chi connectivity index (χ3n) is 5.88. The number of nitrogens with zero attached hydrogens (tertiary/aromatic N) is 3. The van der Waals surface area contributed by atoms with Crippen LogP contribution in [0.15, 0.2) is 29.1 Å². The van der Waals surface area contributed by atoms with E-state index < -0.39 is 10.8 Å². The second-order valence-electron chi connectivity index (χ2n) is 8.84. The normalized spacial score (nSPS) is 15.9. The average molecular weight is 426 g/mol. The van der Waals surface area contributed by atoms with E-state index in [0.29, 0.717) is 17.7 Å². The molecule has 0 saturated heterocycles.